The van der Waals surface area contributed by atoms with Crippen LogP contribution in [0.15, 0.2) is 29.4 Å². The van der Waals surface area contributed by atoms with Gasteiger partial charge in [0, 0.05) is 5.56 Å². The lowest BCUT2D eigenvalue weighted by Gasteiger charge is -2.06. The number of hydrogen-bond donors (Lipinski definition) is 2. The van der Waals surface area contributed by atoms with Crippen molar-refractivity contribution < 1.29 is 14.3 Å². The number of hydrazone groups is 1. The Bertz CT molecular complexity index is 542. The smallest absolute Gasteiger partial charge is 0.337 e. The Morgan fingerprint density at radius 3 is 2.55 bits per heavy atom. The van der Waals surface area contributed by atoms with E-state index in [1.54, 1.807) is 24.3 Å². The number of nitrogens with one attached hydrogen (secondary N) is 2. The monoisotopic (exact) mass is 293 g/mol. The number of nitrogens with zero attached hydrogens (tertiary/aromatic N) is 1. The summed E-state index contributed by atoms with van der Waals surface area (Å²) >= 11 is 1.48. The summed E-state index contributed by atoms with van der Waals surface area (Å²) in [6, 6.07) is 6.26. The number of amidine groups is 1. The maximum Gasteiger partial charge on any atom is 0.337 e. The maximum absolute atomic E-state index is 12.0. The third-order valence-corrected chi connectivity index (χ3v) is 3.86. The highest BCUT2D eigenvalue weighted by molar-refractivity contribution is 8.14. The summed E-state index contributed by atoms with van der Waals surface area (Å²) in [6.45, 7) is 2.04. The van der Waals surface area contributed by atoms with E-state index in [1.807, 2.05) is 6.92 Å². The first-order chi connectivity index (χ1) is 9.63. The van der Waals surface area contributed by atoms with Gasteiger partial charge >= 0.3 is 5.97 Å². The second kappa shape index (κ2) is 6.42. The molecular formula is C13H15N3O3S. The van der Waals surface area contributed by atoms with Crippen molar-refractivity contribution in [3.8, 4) is 0 Å². The summed E-state index contributed by atoms with van der Waals surface area (Å²) in [4.78, 5) is 23.3. The number of methoxy groups -OCH3 is 1. The molecule has 2 rings (SSSR count). The fourth-order valence-electron chi connectivity index (χ4n) is 1.59. The van der Waals surface area contributed by atoms with Gasteiger partial charge in [0.05, 0.1) is 18.0 Å². The van der Waals surface area contributed by atoms with Crippen LogP contribution in [0.1, 0.15) is 34.1 Å². The second-order valence-electron chi connectivity index (χ2n) is 4.08. The highest BCUT2D eigenvalue weighted by atomic mass is 32.2. The Hall–Kier alpha value is -2.02. The molecule has 0 aliphatic carbocycles. The molecule has 1 aromatic rings. The molecule has 0 radical (unpaired) electrons. The SMILES string of the molecule is CCC1NN=C(NC(=O)c2ccc(C(=O)OC)cc2)S1. The summed E-state index contributed by atoms with van der Waals surface area (Å²) < 4.78 is 4.60. The molecule has 0 fully saturated rings. The Kier molecular flexibility index (Phi) is 4.62. The fourth-order valence-corrected chi connectivity index (χ4v) is 2.39. The van der Waals surface area contributed by atoms with Crippen LogP contribution >= 0.6 is 11.8 Å². The van der Waals surface area contributed by atoms with E-state index in [-0.39, 0.29) is 11.3 Å². The quantitative estimate of drug-likeness (QED) is 0.827. The number of thioether (sulfide) groups is 1. The summed E-state index contributed by atoms with van der Waals surface area (Å²) in [5.74, 6) is -0.686. The molecule has 0 saturated heterocycles. The molecule has 7 heteroatoms. The molecule has 2 N–H and O–H groups in total. The Morgan fingerprint density at radius 1 is 1.35 bits per heavy atom. The predicted molar refractivity (Wildman–Crippen MR) is 77.5 cm³/mol. The molecule has 0 aromatic heterocycles. The van der Waals surface area contributed by atoms with Gasteiger partial charge in [0.15, 0.2) is 5.17 Å². The van der Waals surface area contributed by atoms with Crippen molar-refractivity contribution in [3.05, 3.63) is 35.4 Å². The van der Waals surface area contributed by atoms with Gasteiger partial charge in [0.1, 0.15) is 0 Å². The van der Waals surface area contributed by atoms with E-state index in [0.717, 1.165) is 6.42 Å². The third-order valence-electron chi connectivity index (χ3n) is 2.72. The van der Waals surface area contributed by atoms with E-state index in [9.17, 15) is 9.59 Å². The van der Waals surface area contributed by atoms with Crippen molar-refractivity contribution in [1.29, 1.82) is 0 Å². The van der Waals surface area contributed by atoms with E-state index in [4.69, 9.17) is 0 Å². The van der Waals surface area contributed by atoms with Gasteiger partial charge in [-0.15, -0.1) is 0 Å². The van der Waals surface area contributed by atoms with Crippen LogP contribution in [0.25, 0.3) is 0 Å². The standard InChI is InChI=1S/C13H15N3O3S/c1-3-10-15-16-13(20-10)14-11(17)8-4-6-9(7-5-8)12(18)19-2/h4-7,10,15H,3H2,1-2H3,(H,14,16,17). The number of amides is 1. The van der Waals surface area contributed by atoms with Gasteiger partial charge in [-0.3, -0.25) is 15.5 Å². The molecule has 1 aliphatic heterocycles. The number of rotatable bonds is 3. The molecule has 106 valence electrons. The van der Waals surface area contributed by atoms with Crippen LogP contribution in [0.3, 0.4) is 0 Å². The van der Waals surface area contributed by atoms with E-state index in [1.165, 1.54) is 18.9 Å². The lowest BCUT2D eigenvalue weighted by atomic mass is 10.1. The predicted octanol–water partition coefficient (Wildman–Crippen LogP) is 1.55. The molecule has 1 heterocycles. The second-order valence-corrected chi connectivity index (χ2v) is 5.28. The highest BCUT2D eigenvalue weighted by Crippen LogP contribution is 2.18. The molecule has 0 spiro atoms. The fraction of sp³-hybridized carbons (Fsp3) is 0.308. The van der Waals surface area contributed by atoms with E-state index in [2.05, 4.69) is 20.6 Å². The zero-order valence-corrected chi connectivity index (χ0v) is 12.0. The van der Waals surface area contributed by atoms with Gasteiger partial charge in [0.25, 0.3) is 5.91 Å². The molecule has 1 amide bonds. The normalized spacial score (nSPS) is 17.1. The number of benzene rings is 1. The molecule has 0 saturated carbocycles. The Labute approximate surface area is 121 Å². The van der Waals surface area contributed by atoms with Crippen molar-refractivity contribution in [2.45, 2.75) is 18.7 Å². The largest absolute Gasteiger partial charge is 0.465 e. The summed E-state index contributed by atoms with van der Waals surface area (Å²) in [6.07, 6.45) is 0.918. The lowest BCUT2D eigenvalue weighted by Crippen LogP contribution is -2.27. The zero-order valence-electron chi connectivity index (χ0n) is 11.2. The summed E-state index contributed by atoms with van der Waals surface area (Å²) in [5, 5.41) is 7.51. The van der Waals surface area contributed by atoms with Crippen molar-refractivity contribution in [1.82, 2.24) is 10.7 Å². The molecule has 1 atom stereocenters. The topological polar surface area (TPSA) is 79.8 Å². The Balaban J connectivity index is 1.98. The minimum atomic E-state index is -0.428. The van der Waals surface area contributed by atoms with Crippen LogP contribution < -0.4 is 10.7 Å². The number of carbonyl (C=O) groups is 2. The van der Waals surface area contributed by atoms with Crippen molar-refractivity contribution in [2.75, 3.05) is 7.11 Å². The zero-order chi connectivity index (χ0) is 14.5. The van der Waals surface area contributed by atoms with Crippen molar-refractivity contribution in [2.24, 2.45) is 5.10 Å². The first-order valence-electron chi connectivity index (χ1n) is 6.13. The molecule has 1 unspecified atom stereocenters. The van der Waals surface area contributed by atoms with Gasteiger partial charge < -0.3 is 4.74 Å². The van der Waals surface area contributed by atoms with Crippen LogP contribution in [0.2, 0.25) is 0 Å². The van der Waals surface area contributed by atoms with Gasteiger partial charge in [-0.25, -0.2) is 4.79 Å². The first-order valence-corrected chi connectivity index (χ1v) is 7.01. The van der Waals surface area contributed by atoms with E-state index >= 15 is 0 Å². The number of ether oxygens (including phenoxy) is 1. The molecular weight excluding hydrogens is 278 g/mol. The molecule has 0 bridgehead atoms. The average Bonchev–Trinajstić information content (AvgIpc) is 2.94. The van der Waals surface area contributed by atoms with Crippen LogP contribution in [-0.2, 0) is 4.74 Å². The Morgan fingerprint density at radius 2 is 2.00 bits per heavy atom. The number of esters is 1. The van der Waals surface area contributed by atoms with Gasteiger partial charge in [-0.2, -0.15) is 5.10 Å². The van der Waals surface area contributed by atoms with Crippen LogP contribution in [0.4, 0.5) is 0 Å². The van der Waals surface area contributed by atoms with Crippen LogP contribution in [0, 0.1) is 0 Å². The van der Waals surface area contributed by atoms with E-state index < -0.39 is 5.97 Å². The van der Waals surface area contributed by atoms with Gasteiger partial charge in [0.2, 0.25) is 0 Å². The lowest BCUT2D eigenvalue weighted by molar-refractivity contribution is 0.0600. The summed E-state index contributed by atoms with van der Waals surface area (Å²) in [5.41, 5.74) is 3.79. The number of carbonyl (C=O) groups excluding carboxylic acids is 2. The summed E-state index contributed by atoms with van der Waals surface area (Å²) in [7, 11) is 1.32. The van der Waals surface area contributed by atoms with Crippen molar-refractivity contribution >= 4 is 28.8 Å². The highest BCUT2D eigenvalue weighted by Gasteiger charge is 2.19. The van der Waals surface area contributed by atoms with E-state index in [0.29, 0.717) is 16.3 Å². The molecule has 1 aromatic carbocycles. The molecule has 20 heavy (non-hydrogen) atoms. The molecule has 1 aliphatic rings. The van der Waals surface area contributed by atoms with Crippen LogP contribution in [-0.4, -0.2) is 29.5 Å². The van der Waals surface area contributed by atoms with Crippen LogP contribution in [0.5, 0.6) is 0 Å². The third kappa shape index (κ3) is 3.30. The van der Waals surface area contributed by atoms with Crippen molar-refractivity contribution in [3.63, 3.8) is 0 Å². The van der Waals surface area contributed by atoms with Gasteiger partial charge in [-0.1, -0.05) is 18.7 Å². The minimum Gasteiger partial charge on any atom is -0.465 e. The van der Waals surface area contributed by atoms with Gasteiger partial charge in [-0.05, 0) is 30.7 Å². The maximum atomic E-state index is 12.0. The minimum absolute atomic E-state index is 0.201. The first kappa shape index (κ1) is 14.4. The number of hydrogen-bond acceptors (Lipinski definition) is 6. The average molecular weight is 293 g/mol. The molecule has 6 nitrogen and oxygen atoms in total.